The Morgan fingerprint density at radius 2 is 2.08 bits per heavy atom. The fourth-order valence-corrected chi connectivity index (χ4v) is 3.55. The Hall–Kier alpha value is -2.47. The highest BCUT2D eigenvalue weighted by atomic mass is 16.5. The van der Waals surface area contributed by atoms with E-state index in [0.717, 1.165) is 61.1 Å². The molecule has 3 heterocycles. The number of aryl methyl sites for hydroxylation is 2. The molecule has 1 aromatic carbocycles. The van der Waals surface area contributed by atoms with Crippen molar-refractivity contribution in [3.8, 4) is 11.4 Å². The molecular formula is C19H23N5O. The number of hydrogen-bond donors (Lipinski definition) is 1. The van der Waals surface area contributed by atoms with E-state index in [-0.39, 0.29) is 0 Å². The molecule has 2 aromatic heterocycles. The lowest BCUT2D eigenvalue weighted by Gasteiger charge is -2.31. The largest absolute Gasteiger partial charge is 0.361 e. The van der Waals surface area contributed by atoms with Crippen LogP contribution in [0.15, 0.2) is 34.9 Å². The molecule has 1 N–H and O–H groups in total. The Bertz CT molecular complexity index is 819. The quantitative estimate of drug-likeness (QED) is 0.789. The maximum atomic E-state index is 5.30. The van der Waals surface area contributed by atoms with Crippen LogP contribution in [0.25, 0.3) is 11.4 Å². The van der Waals surface area contributed by atoms with Crippen molar-refractivity contribution < 1.29 is 4.52 Å². The number of H-pyrrole nitrogens is 1. The summed E-state index contributed by atoms with van der Waals surface area (Å²) in [5.74, 6) is 3.07. The normalized spacial score (nSPS) is 18.6. The van der Waals surface area contributed by atoms with Gasteiger partial charge in [0.05, 0.1) is 5.69 Å². The summed E-state index contributed by atoms with van der Waals surface area (Å²) in [5.41, 5.74) is 3.25. The first kappa shape index (κ1) is 16.0. The summed E-state index contributed by atoms with van der Waals surface area (Å²) < 4.78 is 5.30. The van der Waals surface area contributed by atoms with Crippen LogP contribution in [0, 0.1) is 13.8 Å². The van der Waals surface area contributed by atoms with Gasteiger partial charge in [-0.1, -0.05) is 35.5 Å². The lowest BCUT2D eigenvalue weighted by molar-refractivity contribution is 0.195. The van der Waals surface area contributed by atoms with Gasteiger partial charge in [0.25, 0.3) is 0 Å². The van der Waals surface area contributed by atoms with Gasteiger partial charge < -0.3 is 4.52 Å². The molecule has 25 heavy (non-hydrogen) atoms. The number of hydrogen-bond acceptors (Lipinski definition) is 5. The summed E-state index contributed by atoms with van der Waals surface area (Å²) in [6, 6.07) is 10.1. The Morgan fingerprint density at radius 1 is 1.24 bits per heavy atom. The van der Waals surface area contributed by atoms with Crippen molar-refractivity contribution in [1.82, 2.24) is 25.2 Å². The van der Waals surface area contributed by atoms with Crippen LogP contribution in [-0.4, -0.2) is 38.3 Å². The molecule has 4 rings (SSSR count). The van der Waals surface area contributed by atoms with Crippen LogP contribution in [0.4, 0.5) is 0 Å². The number of rotatable bonds is 4. The van der Waals surface area contributed by atoms with Crippen LogP contribution < -0.4 is 0 Å². The fourth-order valence-electron chi connectivity index (χ4n) is 3.55. The summed E-state index contributed by atoms with van der Waals surface area (Å²) in [5, 5.41) is 11.6. The van der Waals surface area contributed by atoms with E-state index in [2.05, 4.69) is 20.3 Å². The molecule has 1 saturated heterocycles. The molecule has 130 valence electrons. The van der Waals surface area contributed by atoms with Crippen LogP contribution >= 0.6 is 0 Å². The Morgan fingerprint density at radius 3 is 2.84 bits per heavy atom. The number of nitrogens with one attached hydrogen (secondary N) is 1. The third-order valence-corrected chi connectivity index (χ3v) is 4.99. The van der Waals surface area contributed by atoms with E-state index in [1.807, 2.05) is 44.2 Å². The molecule has 0 radical (unpaired) electrons. The number of aromatic nitrogens is 4. The number of benzene rings is 1. The zero-order chi connectivity index (χ0) is 17.2. The minimum absolute atomic E-state index is 0.388. The van der Waals surface area contributed by atoms with Crippen molar-refractivity contribution in [2.75, 3.05) is 13.1 Å². The van der Waals surface area contributed by atoms with E-state index < -0.39 is 0 Å². The molecule has 1 aliphatic rings. The molecule has 3 aromatic rings. The first-order valence-corrected chi connectivity index (χ1v) is 8.82. The second-order valence-electron chi connectivity index (χ2n) is 6.79. The molecule has 6 heteroatoms. The predicted molar refractivity (Wildman–Crippen MR) is 95.0 cm³/mol. The molecule has 0 saturated carbocycles. The summed E-state index contributed by atoms with van der Waals surface area (Å²) in [7, 11) is 0. The first-order chi connectivity index (χ1) is 12.2. The highest BCUT2D eigenvalue weighted by Crippen LogP contribution is 2.27. The van der Waals surface area contributed by atoms with Gasteiger partial charge in [0, 0.05) is 30.1 Å². The Balaban J connectivity index is 1.47. The van der Waals surface area contributed by atoms with E-state index in [9.17, 15) is 0 Å². The van der Waals surface area contributed by atoms with E-state index in [1.54, 1.807) is 0 Å². The fraction of sp³-hybridized carbons (Fsp3) is 0.421. The van der Waals surface area contributed by atoms with Crippen molar-refractivity contribution in [2.45, 2.75) is 39.2 Å². The molecule has 0 bridgehead atoms. The van der Waals surface area contributed by atoms with Gasteiger partial charge in [-0.05, 0) is 33.2 Å². The lowest BCUT2D eigenvalue weighted by Crippen LogP contribution is -2.34. The summed E-state index contributed by atoms with van der Waals surface area (Å²) in [4.78, 5) is 7.21. The molecule has 6 nitrogen and oxygen atoms in total. The van der Waals surface area contributed by atoms with Crippen molar-refractivity contribution in [3.63, 3.8) is 0 Å². The summed E-state index contributed by atoms with van der Waals surface area (Å²) >= 11 is 0. The van der Waals surface area contributed by atoms with Gasteiger partial charge in [0.15, 0.2) is 5.82 Å². The molecule has 0 unspecified atom stereocenters. The average Bonchev–Trinajstić information content (AvgIpc) is 3.26. The van der Waals surface area contributed by atoms with Crippen molar-refractivity contribution in [3.05, 3.63) is 53.2 Å². The van der Waals surface area contributed by atoms with Crippen molar-refractivity contribution in [2.24, 2.45) is 0 Å². The molecule has 1 fully saturated rings. The van der Waals surface area contributed by atoms with Gasteiger partial charge in [-0.2, -0.15) is 5.10 Å². The minimum atomic E-state index is 0.388. The Kier molecular flexibility index (Phi) is 4.36. The zero-order valence-electron chi connectivity index (χ0n) is 14.7. The third kappa shape index (κ3) is 3.35. The second kappa shape index (κ2) is 6.80. The second-order valence-corrected chi connectivity index (χ2v) is 6.79. The standard InChI is InChI=1S/C19H23N5O/c1-13-17(14(2)25-23-13)12-24-10-6-9-16(11-24)19-20-18(21-22-19)15-7-4-3-5-8-15/h3-5,7-8,16H,6,9-12H2,1-2H3,(H,20,21,22)/t16-/m0/s1. The van der Waals surface area contributed by atoms with E-state index in [1.165, 1.54) is 5.56 Å². The molecule has 1 aliphatic heterocycles. The highest BCUT2D eigenvalue weighted by molar-refractivity contribution is 5.53. The lowest BCUT2D eigenvalue weighted by atomic mass is 9.97. The van der Waals surface area contributed by atoms with Gasteiger partial charge >= 0.3 is 0 Å². The van der Waals surface area contributed by atoms with Gasteiger partial charge in [0.1, 0.15) is 11.6 Å². The third-order valence-electron chi connectivity index (χ3n) is 4.99. The minimum Gasteiger partial charge on any atom is -0.361 e. The van der Waals surface area contributed by atoms with E-state index >= 15 is 0 Å². The van der Waals surface area contributed by atoms with Crippen molar-refractivity contribution >= 4 is 0 Å². The molecule has 0 spiro atoms. The average molecular weight is 337 g/mol. The van der Waals surface area contributed by atoms with Gasteiger partial charge in [-0.3, -0.25) is 10.00 Å². The van der Waals surface area contributed by atoms with Crippen LogP contribution in [0.2, 0.25) is 0 Å². The topological polar surface area (TPSA) is 70.8 Å². The first-order valence-electron chi connectivity index (χ1n) is 8.82. The number of piperidine rings is 1. The Labute approximate surface area is 147 Å². The summed E-state index contributed by atoms with van der Waals surface area (Å²) in [6.45, 7) is 6.96. The summed E-state index contributed by atoms with van der Waals surface area (Å²) in [6.07, 6.45) is 2.30. The van der Waals surface area contributed by atoms with Crippen molar-refractivity contribution in [1.29, 1.82) is 0 Å². The molecule has 0 aliphatic carbocycles. The van der Waals surface area contributed by atoms with E-state index in [4.69, 9.17) is 9.51 Å². The van der Waals surface area contributed by atoms with E-state index in [0.29, 0.717) is 5.92 Å². The number of nitrogens with zero attached hydrogens (tertiary/aromatic N) is 4. The monoisotopic (exact) mass is 337 g/mol. The van der Waals surface area contributed by atoms with Crippen LogP contribution in [0.3, 0.4) is 0 Å². The van der Waals surface area contributed by atoms with Crippen LogP contribution in [0.1, 0.15) is 41.6 Å². The molecule has 1 atom stereocenters. The van der Waals surface area contributed by atoms with Gasteiger partial charge in [0.2, 0.25) is 0 Å². The number of likely N-dealkylation sites (tertiary alicyclic amines) is 1. The maximum Gasteiger partial charge on any atom is 0.181 e. The van der Waals surface area contributed by atoms with Crippen LogP contribution in [0.5, 0.6) is 0 Å². The molecule has 0 amide bonds. The van der Waals surface area contributed by atoms with Gasteiger partial charge in [-0.15, -0.1) is 0 Å². The highest BCUT2D eigenvalue weighted by Gasteiger charge is 2.25. The predicted octanol–water partition coefficient (Wildman–Crippen LogP) is 3.46. The SMILES string of the molecule is Cc1noc(C)c1CN1CCC[C@H](c2nc(-c3ccccc3)n[nH]2)C1. The zero-order valence-corrected chi connectivity index (χ0v) is 14.7. The van der Waals surface area contributed by atoms with Gasteiger partial charge in [-0.25, -0.2) is 4.98 Å². The smallest absolute Gasteiger partial charge is 0.181 e. The van der Waals surface area contributed by atoms with Crippen LogP contribution in [-0.2, 0) is 6.54 Å². The number of aromatic amines is 1. The molecular weight excluding hydrogens is 314 g/mol. The maximum absolute atomic E-state index is 5.30.